The third kappa shape index (κ3) is 6.22. The van der Waals surface area contributed by atoms with Crippen LogP contribution in [0, 0.1) is 18.3 Å². The number of phenols is 1. The Morgan fingerprint density at radius 1 is 1.52 bits per heavy atom. The number of aliphatic hydroxyl groups excluding tert-OH is 1. The van der Waals surface area contributed by atoms with E-state index in [1.807, 2.05) is 6.92 Å². The molecule has 2 unspecified atom stereocenters. The third-order valence-corrected chi connectivity index (χ3v) is 3.82. The molecule has 0 amide bonds. The number of hydrogen-bond donors (Lipinski definition) is 3. The predicted octanol–water partition coefficient (Wildman–Crippen LogP) is 2.37. The molecule has 0 aliphatic rings. The highest BCUT2D eigenvalue weighted by Gasteiger charge is 2.31. The number of halogens is 1. The Labute approximate surface area is 145 Å². The summed E-state index contributed by atoms with van der Waals surface area (Å²) in [6.07, 6.45) is 5.64. The van der Waals surface area contributed by atoms with Crippen molar-refractivity contribution in [2.45, 2.75) is 25.9 Å². The lowest BCUT2D eigenvalue weighted by atomic mass is 9.95. The summed E-state index contributed by atoms with van der Waals surface area (Å²) in [6, 6.07) is 4.68. The number of esters is 1. The van der Waals surface area contributed by atoms with Gasteiger partial charge in [-0.2, -0.15) is 0 Å². The molecule has 1 aromatic carbocycles. The number of ether oxygens (including phenoxy) is 1. The van der Waals surface area contributed by atoms with Gasteiger partial charge in [-0.15, -0.1) is 6.42 Å². The molecule has 0 aromatic heterocycles. The fraction of sp³-hybridized carbons (Fsp3) is 0.471. The van der Waals surface area contributed by atoms with Crippen molar-refractivity contribution in [2.75, 3.05) is 19.7 Å². The zero-order valence-electron chi connectivity index (χ0n) is 13.1. The van der Waals surface area contributed by atoms with E-state index in [0.717, 1.165) is 12.8 Å². The molecule has 3 N–H and O–H groups in total. The van der Waals surface area contributed by atoms with Gasteiger partial charge in [0.1, 0.15) is 5.75 Å². The summed E-state index contributed by atoms with van der Waals surface area (Å²) in [7, 11) is 0. The van der Waals surface area contributed by atoms with Crippen molar-refractivity contribution >= 4 is 21.9 Å². The zero-order valence-corrected chi connectivity index (χ0v) is 14.7. The Bertz CT molecular complexity index is 556. The Morgan fingerprint density at radius 2 is 2.26 bits per heavy atom. The first-order chi connectivity index (χ1) is 11.0. The van der Waals surface area contributed by atoms with Crippen molar-refractivity contribution in [2.24, 2.45) is 5.92 Å². The molecule has 2 atom stereocenters. The quantitative estimate of drug-likeness (QED) is 0.346. The van der Waals surface area contributed by atoms with Gasteiger partial charge in [-0.25, -0.2) is 0 Å². The van der Waals surface area contributed by atoms with Crippen LogP contribution in [-0.2, 0) is 9.53 Å². The maximum absolute atomic E-state index is 12.3. The minimum absolute atomic E-state index is 0.0796. The predicted molar refractivity (Wildman–Crippen MR) is 91.8 cm³/mol. The SMILES string of the molecule is C#CCNCC(C(=O)OCCCC)C(O)c1cc(Br)ccc1O. The third-order valence-electron chi connectivity index (χ3n) is 3.33. The van der Waals surface area contributed by atoms with Gasteiger partial charge in [0.15, 0.2) is 0 Å². The van der Waals surface area contributed by atoms with E-state index in [0.29, 0.717) is 11.1 Å². The monoisotopic (exact) mass is 383 g/mol. The van der Waals surface area contributed by atoms with E-state index >= 15 is 0 Å². The highest BCUT2D eigenvalue weighted by Crippen LogP contribution is 2.32. The van der Waals surface area contributed by atoms with Crippen molar-refractivity contribution in [1.82, 2.24) is 5.32 Å². The Morgan fingerprint density at radius 3 is 2.91 bits per heavy atom. The van der Waals surface area contributed by atoms with Gasteiger partial charge in [0.2, 0.25) is 0 Å². The number of terminal acetylenes is 1. The van der Waals surface area contributed by atoms with Crippen LogP contribution in [-0.4, -0.2) is 35.9 Å². The van der Waals surface area contributed by atoms with E-state index < -0.39 is 18.0 Å². The molecule has 0 aliphatic heterocycles. The molecule has 0 heterocycles. The van der Waals surface area contributed by atoms with Gasteiger partial charge in [0, 0.05) is 16.6 Å². The summed E-state index contributed by atoms with van der Waals surface area (Å²) in [5, 5.41) is 23.4. The van der Waals surface area contributed by atoms with Crippen LogP contribution in [0.1, 0.15) is 31.4 Å². The number of aliphatic hydroxyl groups is 1. The van der Waals surface area contributed by atoms with Gasteiger partial charge >= 0.3 is 5.97 Å². The van der Waals surface area contributed by atoms with Gasteiger partial charge in [0.05, 0.1) is 25.2 Å². The van der Waals surface area contributed by atoms with Crippen LogP contribution in [0.4, 0.5) is 0 Å². The maximum atomic E-state index is 12.3. The van der Waals surface area contributed by atoms with Crippen LogP contribution in [0.25, 0.3) is 0 Å². The largest absolute Gasteiger partial charge is 0.508 e. The van der Waals surface area contributed by atoms with Gasteiger partial charge in [0.25, 0.3) is 0 Å². The molecular weight excluding hydrogens is 362 g/mol. The minimum atomic E-state index is -1.20. The lowest BCUT2D eigenvalue weighted by molar-refractivity contribution is -0.152. The number of rotatable bonds is 9. The van der Waals surface area contributed by atoms with E-state index in [1.165, 1.54) is 6.07 Å². The van der Waals surface area contributed by atoms with E-state index in [2.05, 4.69) is 27.2 Å². The van der Waals surface area contributed by atoms with Crippen LogP contribution < -0.4 is 5.32 Å². The fourth-order valence-corrected chi connectivity index (χ4v) is 2.41. The molecule has 0 bridgehead atoms. The van der Waals surface area contributed by atoms with Crippen LogP contribution >= 0.6 is 15.9 Å². The summed E-state index contributed by atoms with van der Waals surface area (Å²) < 4.78 is 5.90. The maximum Gasteiger partial charge on any atom is 0.313 e. The summed E-state index contributed by atoms with van der Waals surface area (Å²) in [6.45, 7) is 2.73. The van der Waals surface area contributed by atoms with Crippen molar-refractivity contribution in [3.8, 4) is 18.1 Å². The molecule has 0 saturated carbocycles. The molecule has 0 aliphatic carbocycles. The van der Waals surface area contributed by atoms with Gasteiger partial charge in [-0.05, 0) is 24.6 Å². The number of carbonyl (C=O) groups excluding carboxylic acids is 1. The number of hydrogen-bond acceptors (Lipinski definition) is 5. The van der Waals surface area contributed by atoms with Crippen molar-refractivity contribution in [3.63, 3.8) is 0 Å². The Hall–Kier alpha value is -1.55. The number of benzene rings is 1. The second kappa shape index (κ2) is 10.3. The number of aromatic hydroxyl groups is 1. The smallest absolute Gasteiger partial charge is 0.313 e. The lowest BCUT2D eigenvalue weighted by Gasteiger charge is -2.23. The minimum Gasteiger partial charge on any atom is -0.508 e. The van der Waals surface area contributed by atoms with Crippen molar-refractivity contribution in [3.05, 3.63) is 28.2 Å². The zero-order chi connectivity index (χ0) is 17.2. The number of carbonyl (C=O) groups is 1. The molecular formula is C17H22BrNO4. The molecule has 5 nitrogen and oxygen atoms in total. The Kier molecular flexibility index (Phi) is 8.70. The molecule has 1 rings (SSSR count). The van der Waals surface area contributed by atoms with Gasteiger partial charge < -0.3 is 20.3 Å². The van der Waals surface area contributed by atoms with Gasteiger partial charge in [-0.1, -0.05) is 35.2 Å². The topological polar surface area (TPSA) is 78.8 Å². The molecule has 0 radical (unpaired) electrons. The first kappa shape index (κ1) is 19.5. The lowest BCUT2D eigenvalue weighted by Crippen LogP contribution is -2.34. The average molecular weight is 384 g/mol. The molecule has 1 aromatic rings. The number of phenolic OH excluding ortho intramolecular Hbond substituents is 1. The Balaban J connectivity index is 2.90. The molecule has 0 spiro atoms. The van der Waals surface area contributed by atoms with Crippen LogP contribution in [0.5, 0.6) is 5.75 Å². The van der Waals surface area contributed by atoms with Crippen LogP contribution in [0.3, 0.4) is 0 Å². The number of unbranched alkanes of at least 4 members (excludes halogenated alkanes) is 1. The fourth-order valence-electron chi connectivity index (χ4n) is 2.03. The summed E-state index contributed by atoms with van der Waals surface area (Å²) in [4.78, 5) is 12.3. The van der Waals surface area contributed by atoms with E-state index in [1.54, 1.807) is 12.1 Å². The summed E-state index contributed by atoms with van der Waals surface area (Å²) in [5.74, 6) is 0.953. The molecule has 0 saturated heterocycles. The molecule has 23 heavy (non-hydrogen) atoms. The summed E-state index contributed by atoms with van der Waals surface area (Å²) in [5.41, 5.74) is 0.263. The first-order valence-corrected chi connectivity index (χ1v) is 8.27. The average Bonchev–Trinajstić information content (AvgIpc) is 2.53. The van der Waals surface area contributed by atoms with Crippen LogP contribution in [0.15, 0.2) is 22.7 Å². The highest BCUT2D eigenvalue weighted by atomic mass is 79.9. The standard InChI is InChI=1S/C17H22BrNO4/c1-3-5-9-23-17(22)14(11-19-8-4-2)16(21)13-10-12(18)6-7-15(13)20/h2,6-7,10,14,16,19-21H,3,5,8-9,11H2,1H3. The molecule has 6 heteroatoms. The molecule has 126 valence electrons. The van der Waals surface area contributed by atoms with E-state index in [4.69, 9.17) is 11.2 Å². The first-order valence-electron chi connectivity index (χ1n) is 7.48. The molecule has 0 fully saturated rings. The van der Waals surface area contributed by atoms with E-state index in [9.17, 15) is 15.0 Å². The van der Waals surface area contributed by atoms with Crippen molar-refractivity contribution < 1.29 is 19.7 Å². The van der Waals surface area contributed by atoms with Crippen LogP contribution in [0.2, 0.25) is 0 Å². The number of nitrogens with one attached hydrogen (secondary N) is 1. The second-order valence-corrected chi connectivity index (χ2v) is 6.03. The summed E-state index contributed by atoms with van der Waals surface area (Å²) >= 11 is 3.29. The van der Waals surface area contributed by atoms with E-state index in [-0.39, 0.29) is 24.4 Å². The van der Waals surface area contributed by atoms with Gasteiger partial charge in [-0.3, -0.25) is 4.79 Å². The second-order valence-electron chi connectivity index (χ2n) is 5.11. The normalized spacial score (nSPS) is 13.1. The van der Waals surface area contributed by atoms with Crippen molar-refractivity contribution in [1.29, 1.82) is 0 Å². The highest BCUT2D eigenvalue weighted by molar-refractivity contribution is 9.10.